The molecule has 0 saturated heterocycles. The third-order valence-electron chi connectivity index (χ3n) is 6.47. The molecule has 0 bridgehead atoms. The van der Waals surface area contributed by atoms with Gasteiger partial charge in [0.15, 0.2) is 0 Å². The van der Waals surface area contributed by atoms with Crippen molar-refractivity contribution in [2.24, 2.45) is 0 Å². The largest absolute Gasteiger partial charge is 0.497 e. The van der Waals surface area contributed by atoms with E-state index in [0.717, 1.165) is 34.7 Å². The Balaban J connectivity index is 1.34. The van der Waals surface area contributed by atoms with Crippen LogP contribution in [0.1, 0.15) is 16.7 Å². The Morgan fingerprint density at radius 1 is 0.838 bits per heavy atom. The number of ether oxygens (including phenoxy) is 2. The summed E-state index contributed by atoms with van der Waals surface area (Å²) in [5, 5.41) is 0. The highest BCUT2D eigenvalue weighted by atomic mass is 32.2. The van der Waals surface area contributed by atoms with E-state index in [1.165, 1.54) is 5.56 Å². The molecule has 0 N–H and O–H groups in total. The maximum absolute atomic E-state index is 12.7. The van der Waals surface area contributed by atoms with Crippen LogP contribution in [0.25, 0.3) is 0 Å². The first-order valence-corrected chi connectivity index (χ1v) is 13.5. The summed E-state index contributed by atoms with van der Waals surface area (Å²) in [4.78, 5) is 2.48. The molecule has 37 heavy (non-hydrogen) atoms. The van der Waals surface area contributed by atoms with Gasteiger partial charge in [-0.2, -0.15) is 8.42 Å². The van der Waals surface area contributed by atoms with Gasteiger partial charge in [-0.15, -0.1) is 0 Å². The summed E-state index contributed by atoms with van der Waals surface area (Å²) < 4.78 is 42.1. The van der Waals surface area contributed by atoms with Crippen molar-refractivity contribution in [2.45, 2.75) is 30.8 Å². The first-order chi connectivity index (χ1) is 17.9. The van der Waals surface area contributed by atoms with Crippen LogP contribution in [0.3, 0.4) is 0 Å². The molecule has 0 fully saturated rings. The van der Waals surface area contributed by atoms with Gasteiger partial charge < -0.3 is 18.6 Å². The summed E-state index contributed by atoms with van der Waals surface area (Å²) in [7, 11) is -2.23. The normalized spacial score (nSPS) is 15.0. The number of para-hydroxylation sites is 2. The van der Waals surface area contributed by atoms with Crippen LogP contribution in [0.2, 0.25) is 0 Å². The van der Waals surface area contributed by atoms with E-state index in [1.54, 1.807) is 43.5 Å². The Morgan fingerprint density at radius 2 is 1.49 bits per heavy atom. The molecule has 6 nitrogen and oxygen atoms in total. The molecule has 0 spiro atoms. The zero-order valence-electron chi connectivity index (χ0n) is 20.8. The lowest BCUT2D eigenvalue weighted by Gasteiger charge is -2.39. The Labute approximate surface area is 218 Å². The summed E-state index contributed by atoms with van der Waals surface area (Å²) in [5.74, 6) is 1.97. The predicted octanol–water partition coefficient (Wildman–Crippen LogP) is 5.78. The van der Waals surface area contributed by atoms with E-state index in [0.29, 0.717) is 13.2 Å². The van der Waals surface area contributed by atoms with E-state index in [9.17, 15) is 8.42 Å². The number of anilines is 1. The Morgan fingerprint density at radius 3 is 2.19 bits per heavy atom. The molecule has 1 aliphatic rings. The fraction of sp³-hybridized carbons (Fsp3) is 0.200. The van der Waals surface area contributed by atoms with Crippen molar-refractivity contribution in [3.63, 3.8) is 0 Å². The zero-order chi connectivity index (χ0) is 25.8. The fourth-order valence-electron chi connectivity index (χ4n) is 4.43. The van der Waals surface area contributed by atoms with Gasteiger partial charge in [0.25, 0.3) is 0 Å². The topological polar surface area (TPSA) is 65.1 Å². The molecule has 0 aromatic heterocycles. The maximum atomic E-state index is 12.7. The number of methoxy groups -OCH3 is 1. The second-order valence-electron chi connectivity index (χ2n) is 9.11. The molecule has 1 heterocycles. The number of hydrogen-bond acceptors (Lipinski definition) is 6. The molecule has 1 atom stereocenters. The number of fused-ring (bicyclic) bond motifs is 1. The molecule has 1 aliphatic heterocycles. The SMILES string of the molecule is COc1ccc(C[C@H]2COc3ccccc3N2Cc2ccc(OS(=O)(=O)c3ccc(C)cc3)cc2)cc1. The molecule has 5 rings (SSSR count). The Hall–Kier alpha value is -3.97. The van der Waals surface area contributed by atoms with Crippen molar-refractivity contribution < 1.29 is 22.1 Å². The van der Waals surface area contributed by atoms with Crippen LogP contribution in [0.15, 0.2) is 102 Å². The third-order valence-corrected chi connectivity index (χ3v) is 7.73. The Kier molecular flexibility index (Phi) is 7.06. The standard InChI is InChI=1S/C30H29NO5S/c1-22-7-17-28(18-8-22)37(32,33)36-27-15-11-24(12-16-27)20-31-25(19-23-9-13-26(34-2)14-10-23)21-35-30-6-4-3-5-29(30)31/h3-18,25H,19-21H2,1-2H3/t25-/m0/s1. The predicted molar refractivity (Wildman–Crippen MR) is 144 cm³/mol. The monoisotopic (exact) mass is 515 g/mol. The van der Waals surface area contributed by atoms with Crippen molar-refractivity contribution in [1.29, 1.82) is 0 Å². The van der Waals surface area contributed by atoms with Gasteiger partial charge in [0.2, 0.25) is 0 Å². The number of aryl methyl sites for hydroxylation is 1. The highest BCUT2D eigenvalue weighted by Crippen LogP contribution is 2.36. The molecule has 0 radical (unpaired) electrons. The molecule has 0 aliphatic carbocycles. The number of benzene rings is 4. The minimum atomic E-state index is -3.89. The highest BCUT2D eigenvalue weighted by Gasteiger charge is 2.28. The molecule has 0 amide bonds. The van der Waals surface area contributed by atoms with Crippen molar-refractivity contribution in [1.82, 2.24) is 0 Å². The minimum absolute atomic E-state index is 0.126. The van der Waals surface area contributed by atoms with E-state index in [4.69, 9.17) is 13.7 Å². The van der Waals surface area contributed by atoms with Crippen LogP contribution in [-0.2, 0) is 23.1 Å². The second kappa shape index (κ2) is 10.6. The van der Waals surface area contributed by atoms with Gasteiger partial charge in [-0.3, -0.25) is 0 Å². The Bertz CT molecular complexity index is 1450. The van der Waals surface area contributed by atoms with Crippen LogP contribution in [0, 0.1) is 6.92 Å². The zero-order valence-corrected chi connectivity index (χ0v) is 21.6. The number of hydrogen-bond donors (Lipinski definition) is 0. The van der Waals surface area contributed by atoms with Crippen LogP contribution in [0.5, 0.6) is 17.2 Å². The van der Waals surface area contributed by atoms with Crippen LogP contribution >= 0.6 is 0 Å². The van der Waals surface area contributed by atoms with Crippen LogP contribution < -0.4 is 18.6 Å². The molecule has 0 saturated carbocycles. The van der Waals surface area contributed by atoms with Gasteiger partial charge in [0.1, 0.15) is 28.8 Å². The van der Waals surface area contributed by atoms with E-state index in [-0.39, 0.29) is 16.7 Å². The van der Waals surface area contributed by atoms with Gasteiger partial charge in [-0.1, -0.05) is 54.1 Å². The fourth-order valence-corrected chi connectivity index (χ4v) is 5.36. The van der Waals surface area contributed by atoms with Gasteiger partial charge >= 0.3 is 10.1 Å². The number of rotatable bonds is 8. The first kappa shape index (κ1) is 24.7. The lowest BCUT2D eigenvalue weighted by Crippen LogP contribution is -2.44. The lowest BCUT2D eigenvalue weighted by atomic mass is 10.0. The van der Waals surface area contributed by atoms with Gasteiger partial charge in [0, 0.05) is 6.54 Å². The van der Waals surface area contributed by atoms with Crippen molar-refractivity contribution >= 4 is 15.8 Å². The van der Waals surface area contributed by atoms with Crippen LogP contribution in [0.4, 0.5) is 5.69 Å². The molecule has 0 unspecified atom stereocenters. The van der Waals surface area contributed by atoms with E-state index in [1.807, 2.05) is 49.4 Å². The third kappa shape index (κ3) is 5.73. The van der Waals surface area contributed by atoms with E-state index >= 15 is 0 Å². The number of nitrogens with zero attached hydrogens (tertiary/aromatic N) is 1. The van der Waals surface area contributed by atoms with Crippen molar-refractivity contribution in [3.05, 3.63) is 114 Å². The molecule has 4 aromatic rings. The summed E-state index contributed by atoms with van der Waals surface area (Å²) in [6.07, 6.45) is 0.814. The molecule has 190 valence electrons. The minimum Gasteiger partial charge on any atom is -0.497 e. The molecule has 7 heteroatoms. The van der Waals surface area contributed by atoms with Gasteiger partial charge in [0.05, 0.1) is 18.8 Å². The summed E-state index contributed by atoms with van der Waals surface area (Å²) >= 11 is 0. The van der Waals surface area contributed by atoms with Crippen LogP contribution in [-0.4, -0.2) is 28.2 Å². The lowest BCUT2D eigenvalue weighted by molar-refractivity contribution is 0.259. The molecular weight excluding hydrogens is 486 g/mol. The average Bonchev–Trinajstić information content (AvgIpc) is 2.91. The quantitative estimate of drug-likeness (QED) is 0.277. The summed E-state index contributed by atoms with van der Waals surface area (Å²) in [6, 6.07) is 30.1. The summed E-state index contributed by atoms with van der Waals surface area (Å²) in [5.41, 5.74) is 4.26. The average molecular weight is 516 g/mol. The van der Waals surface area contributed by atoms with E-state index < -0.39 is 10.1 Å². The second-order valence-corrected chi connectivity index (χ2v) is 10.7. The van der Waals surface area contributed by atoms with Crippen molar-refractivity contribution in [3.8, 4) is 17.2 Å². The smallest absolute Gasteiger partial charge is 0.339 e. The molecular formula is C30H29NO5S. The first-order valence-electron chi connectivity index (χ1n) is 12.1. The highest BCUT2D eigenvalue weighted by molar-refractivity contribution is 7.87. The van der Waals surface area contributed by atoms with Gasteiger partial charge in [-0.25, -0.2) is 0 Å². The van der Waals surface area contributed by atoms with E-state index in [2.05, 4.69) is 23.1 Å². The maximum Gasteiger partial charge on any atom is 0.339 e. The summed E-state index contributed by atoms with van der Waals surface area (Å²) in [6.45, 7) is 3.12. The molecule has 4 aromatic carbocycles. The van der Waals surface area contributed by atoms with Crippen molar-refractivity contribution in [2.75, 3.05) is 18.6 Å². The van der Waals surface area contributed by atoms with Gasteiger partial charge in [-0.05, 0) is 73.0 Å².